The molecule has 3 rings (SSSR count). The van der Waals surface area contributed by atoms with Crippen molar-refractivity contribution >= 4 is 34.7 Å². The molecule has 0 atom stereocenters. The van der Waals surface area contributed by atoms with Gasteiger partial charge in [-0.2, -0.15) is 5.11 Å². The predicted octanol–water partition coefficient (Wildman–Crippen LogP) is 3.16. The highest BCUT2D eigenvalue weighted by molar-refractivity contribution is 7.80. The third-order valence-electron chi connectivity index (χ3n) is 3.05. The molecule has 0 aliphatic carbocycles. The lowest BCUT2D eigenvalue weighted by atomic mass is 10.3. The highest BCUT2D eigenvalue weighted by Gasteiger charge is 2.28. The van der Waals surface area contributed by atoms with Gasteiger partial charge in [0, 0.05) is 5.69 Å². The van der Waals surface area contributed by atoms with Crippen molar-refractivity contribution in [1.29, 1.82) is 0 Å². The van der Waals surface area contributed by atoms with Crippen LogP contribution in [0.5, 0.6) is 0 Å². The van der Waals surface area contributed by atoms with Crippen molar-refractivity contribution in [3.8, 4) is 0 Å². The van der Waals surface area contributed by atoms with Crippen molar-refractivity contribution in [2.45, 2.75) is 0 Å². The minimum absolute atomic E-state index is 0.184. The van der Waals surface area contributed by atoms with Crippen molar-refractivity contribution < 1.29 is 9.63 Å². The molecule has 0 bridgehead atoms. The molecular weight excluding hydrogens is 326 g/mol. The van der Waals surface area contributed by atoms with Gasteiger partial charge in [-0.25, -0.2) is 9.80 Å². The maximum atomic E-state index is 11.8. The molecule has 2 N–H and O–H groups in total. The van der Waals surface area contributed by atoms with Crippen molar-refractivity contribution in [1.82, 2.24) is 5.59 Å². The molecule has 0 amide bonds. The zero-order valence-electron chi connectivity index (χ0n) is 12.4. The monoisotopic (exact) mass is 339 g/mol. The van der Waals surface area contributed by atoms with Gasteiger partial charge >= 0.3 is 5.97 Å². The second-order valence-corrected chi connectivity index (χ2v) is 5.06. The number of carbonyl (C=O) groups is 1. The predicted molar refractivity (Wildman–Crippen MR) is 93.8 cm³/mol. The molecule has 0 spiro atoms. The molecule has 2 aromatic carbocycles. The Labute approximate surface area is 143 Å². The van der Waals surface area contributed by atoms with Gasteiger partial charge in [0.25, 0.3) is 0 Å². The molecule has 1 aliphatic heterocycles. The Balaban J connectivity index is 1.69. The number of hydrogen-bond donors (Lipinski definition) is 2. The topological polar surface area (TPSA) is 78.3 Å². The van der Waals surface area contributed by atoms with E-state index in [4.69, 9.17) is 17.1 Å². The van der Waals surface area contributed by atoms with E-state index in [1.165, 1.54) is 11.2 Å². The number of hydrogen-bond acceptors (Lipinski definition) is 6. The van der Waals surface area contributed by atoms with Crippen LogP contribution in [-0.2, 0) is 9.63 Å². The van der Waals surface area contributed by atoms with Crippen LogP contribution in [0.1, 0.15) is 0 Å². The summed E-state index contributed by atoms with van der Waals surface area (Å²) in [5.74, 6) is -0.556. The third kappa shape index (κ3) is 3.80. The van der Waals surface area contributed by atoms with Crippen LogP contribution in [0.4, 0.5) is 11.4 Å². The average molecular weight is 339 g/mol. The first-order valence-corrected chi connectivity index (χ1v) is 7.44. The summed E-state index contributed by atoms with van der Waals surface area (Å²) in [6.45, 7) is 0. The van der Waals surface area contributed by atoms with Crippen molar-refractivity contribution in [3.05, 3.63) is 72.6 Å². The van der Waals surface area contributed by atoms with Crippen LogP contribution in [0, 0.1) is 0 Å². The summed E-state index contributed by atoms with van der Waals surface area (Å²) in [5, 5.41) is 12.3. The maximum absolute atomic E-state index is 11.8. The van der Waals surface area contributed by atoms with Gasteiger partial charge in [0.1, 0.15) is 0 Å². The summed E-state index contributed by atoms with van der Waals surface area (Å²) in [6, 6.07) is 18.6. The minimum Gasteiger partial charge on any atom is -0.345 e. The highest BCUT2D eigenvalue weighted by Crippen LogP contribution is 2.21. The molecule has 0 saturated carbocycles. The van der Waals surface area contributed by atoms with E-state index < -0.39 is 5.97 Å². The fourth-order valence-electron chi connectivity index (χ4n) is 1.97. The molecule has 0 aromatic heterocycles. The number of azo groups is 1. The Morgan fingerprint density at radius 3 is 2.50 bits per heavy atom. The Kier molecular flexibility index (Phi) is 4.90. The van der Waals surface area contributed by atoms with Crippen LogP contribution in [0.15, 0.2) is 82.8 Å². The van der Waals surface area contributed by atoms with E-state index in [9.17, 15) is 4.79 Å². The van der Waals surface area contributed by atoms with Crippen LogP contribution in [0.25, 0.3) is 0 Å². The number of rotatable bonds is 3. The van der Waals surface area contributed by atoms with Crippen LogP contribution in [0.3, 0.4) is 0 Å². The van der Waals surface area contributed by atoms with E-state index in [2.05, 4.69) is 21.1 Å². The van der Waals surface area contributed by atoms with Crippen molar-refractivity contribution in [2.24, 2.45) is 10.2 Å². The zero-order valence-corrected chi connectivity index (χ0v) is 13.2. The highest BCUT2D eigenvalue weighted by atomic mass is 32.1. The molecule has 8 heteroatoms. The fraction of sp³-hybridized carbons (Fsp3) is 0. The molecule has 0 unspecified atom stereocenters. The molecule has 1 aliphatic rings. The second-order valence-electron chi connectivity index (χ2n) is 4.68. The molecule has 0 radical (unpaired) electrons. The number of thiocarbonyl (C=S) groups is 1. The Bertz CT molecular complexity index is 793. The Morgan fingerprint density at radius 1 is 1.12 bits per heavy atom. The van der Waals surface area contributed by atoms with Gasteiger partial charge in [-0.15, -0.1) is 5.11 Å². The zero-order chi connectivity index (χ0) is 16.8. The summed E-state index contributed by atoms with van der Waals surface area (Å²) in [6.07, 6.45) is 1.29. The number of nitrogens with zero attached hydrogens (tertiary/aromatic N) is 3. The van der Waals surface area contributed by atoms with Crippen LogP contribution < -0.4 is 15.9 Å². The van der Waals surface area contributed by atoms with Crippen LogP contribution >= 0.6 is 12.2 Å². The normalized spacial score (nSPS) is 15.8. The number of carbonyl (C=O) groups excluding carboxylic acids is 1. The summed E-state index contributed by atoms with van der Waals surface area (Å²) < 4.78 is 0. The first-order chi connectivity index (χ1) is 11.7. The minimum atomic E-state index is -0.556. The van der Waals surface area contributed by atoms with E-state index in [0.29, 0.717) is 0 Å². The quantitative estimate of drug-likeness (QED) is 0.508. The second kappa shape index (κ2) is 7.44. The molecular formula is C16H13N5O2S. The largest absolute Gasteiger partial charge is 0.378 e. The molecule has 1 saturated heterocycles. The molecule has 24 heavy (non-hydrogen) atoms. The van der Waals surface area contributed by atoms with E-state index in [0.717, 1.165) is 11.4 Å². The summed E-state index contributed by atoms with van der Waals surface area (Å²) in [4.78, 5) is 16.6. The third-order valence-corrected chi connectivity index (χ3v) is 3.23. The number of benzene rings is 2. The number of hydrazine groups is 1. The first kappa shape index (κ1) is 15.8. The molecule has 120 valence electrons. The van der Waals surface area contributed by atoms with Crippen molar-refractivity contribution in [2.75, 3.05) is 10.3 Å². The van der Waals surface area contributed by atoms with Crippen molar-refractivity contribution in [3.63, 3.8) is 0 Å². The summed E-state index contributed by atoms with van der Waals surface area (Å²) in [7, 11) is 0. The van der Waals surface area contributed by atoms with Gasteiger partial charge in [0.15, 0.2) is 5.70 Å². The lowest BCUT2D eigenvalue weighted by Crippen LogP contribution is -2.28. The lowest BCUT2D eigenvalue weighted by molar-refractivity contribution is -0.140. The Hall–Kier alpha value is -3.10. The van der Waals surface area contributed by atoms with E-state index in [-0.39, 0.29) is 10.8 Å². The fourth-order valence-corrected chi connectivity index (χ4v) is 2.13. The van der Waals surface area contributed by atoms with E-state index in [1.54, 1.807) is 0 Å². The molecule has 7 nitrogen and oxygen atoms in total. The van der Waals surface area contributed by atoms with Crippen LogP contribution in [0.2, 0.25) is 0 Å². The molecule has 1 fully saturated rings. The molecule has 1 heterocycles. The SMILES string of the molecule is O=C1ONN(c2ccccc2)C1=CN=NC(=S)Nc1ccccc1. The number of anilines is 2. The van der Waals surface area contributed by atoms with Gasteiger partial charge in [0.05, 0.1) is 11.9 Å². The smallest absolute Gasteiger partial charge is 0.345 e. The van der Waals surface area contributed by atoms with Gasteiger partial charge in [-0.05, 0) is 36.5 Å². The van der Waals surface area contributed by atoms with E-state index in [1.807, 2.05) is 60.7 Å². The van der Waals surface area contributed by atoms with E-state index >= 15 is 0 Å². The maximum Gasteiger partial charge on any atom is 0.378 e. The summed E-state index contributed by atoms with van der Waals surface area (Å²) in [5.41, 5.74) is 4.26. The number of nitrogens with one attached hydrogen (secondary N) is 2. The lowest BCUT2D eigenvalue weighted by Gasteiger charge is -2.14. The van der Waals surface area contributed by atoms with Gasteiger partial charge < -0.3 is 10.2 Å². The molecule has 2 aromatic rings. The standard InChI is InChI=1S/C16H13N5O2S/c22-15-14(21(20-23-15)13-9-5-2-6-10-13)11-17-19-16(24)18-12-7-3-1-4-8-12/h1-11,20H,(H,18,24). The van der Waals surface area contributed by atoms with Gasteiger partial charge in [-0.1, -0.05) is 42.0 Å². The van der Waals surface area contributed by atoms with Gasteiger partial charge in [0.2, 0.25) is 5.11 Å². The Morgan fingerprint density at radius 2 is 1.79 bits per heavy atom. The number of para-hydroxylation sites is 2. The van der Waals surface area contributed by atoms with Gasteiger partial charge in [-0.3, -0.25) is 0 Å². The first-order valence-electron chi connectivity index (χ1n) is 7.03. The summed E-state index contributed by atoms with van der Waals surface area (Å²) >= 11 is 5.08. The van der Waals surface area contributed by atoms with Crippen LogP contribution in [-0.4, -0.2) is 11.1 Å². The average Bonchev–Trinajstić information content (AvgIpc) is 2.97.